The fraction of sp³-hybridized carbons (Fsp3) is 0. The van der Waals surface area contributed by atoms with Gasteiger partial charge in [0.2, 0.25) is 0 Å². The molecule has 0 aliphatic rings. The molecule has 2 rings (SSSR count). The van der Waals surface area contributed by atoms with Crippen molar-refractivity contribution >= 4 is 33.3 Å². The number of rotatable bonds is 4. The van der Waals surface area contributed by atoms with Crippen molar-refractivity contribution < 1.29 is 22.7 Å². The molecule has 0 radical (unpaired) electrons. The van der Waals surface area contributed by atoms with E-state index in [2.05, 4.69) is 4.72 Å². The van der Waals surface area contributed by atoms with Crippen molar-refractivity contribution in [3.05, 3.63) is 58.9 Å². The first-order valence-corrected chi connectivity index (χ1v) is 7.47. The zero-order valence-electron chi connectivity index (χ0n) is 10.4. The van der Waals surface area contributed by atoms with Crippen LogP contribution in [0.25, 0.3) is 0 Å². The van der Waals surface area contributed by atoms with E-state index in [9.17, 15) is 17.6 Å². The van der Waals surface area contributed by atoms with Gasteiger partial charge in [0.25, 0.3) is 10.0 Å². The molecule has 21 heavy (non-hydrogen) atoms. The molecule has 0 fully saturated rings. The first-order chi connectivity index (χ1) is 9.81. The lowest BCUT2D eigenvalue weighted by Gasteiger charge is -2.12. The maximum absolute atomic E-state index is 13.1. The van der Waals surface area contributed by atoms with Crippen LogP contribution in [0.3, 0.4) is 0 Å². The number of benzene rings is 2. The number of carboxylic acids is 1. The third-order valence-corrected chi connectivity index (χ3v) is 4.25. The fourth-order valence-electron chi connectivity index (χ4n) is 1.63. The maximum Gasteiger partial charge on any atom is 0.337 e. The van der Waals surface area contributed by atoms with Gasteiger partial charge in [-0.3, -0.25) is 4.72 Å². The molecule has 0 saturated heterocycles. The quantitative estimate of drug-likeness (QED) is 0.903. The van der Waals surface area contributed by atoms with E-state index in [0.29, 0.717) is 0 Å². The summed E-state index contributed by atoms with van der Waals surface area (Å²) in [5, 5.41) is 8.97. The molecule has 0 saturated carbocycles. The molecule has 0 spiro atoms. The Labute approximate surface area is 125 Å². The van der Waals surface area contributed by atoms with Crippen molar-refractivity contribution in [3.63, 3.8) is 0 Å². The highest BCUT2D eigenvalue weighted by molar-refractivity contribution is 7.92. The minimum atomic E-state index is -4.15. The fourth-order valence-corrected chi connectivity index (χ4v) is 3.04. The predicted octanol–water partition coefficient (Wildman–Crippen LogP) is 2.98. The van der Waals surface area contributed by atoms with Crippen molar-refractivity contribution in [2.24, 2.45) is 0 Å². The SMILES string of the molecule is O=C(O)c1cccc(Cl)c1NS(=O)(=O)c1cccc(F)c1. The average molecular weight is 330 g/mol. The Kier molecular flexibility index (Phi) is 4.15. The van der Waals surface area contributed by atoms with Crippen LogP contribution in [0.1, 0.15) is 10.4 Å². The van der Waals surface area contributed by atoms with Gasteiger partial charge in [0.05, 0.1) is 21.2 Å². The van der Waals surface area contributed by atoms with Crippen molar-refractivity contribution in [3.8, 4) is 0 Å². The number of hydrogen-bond acceptors (Lipinski definition) is 3. The van der Waals surface area contributed by atoms with Crippen LogP contribution in [0.4, 0.5) is 10.1 Å². The van der Waals surface area contributed by atoms with E-state index in [1.807, 2.05) is 0 Å². The summed E-state index contributed by atoms with van der Waals surface area (Å²) in [4.78, 5) is 10.8. The second-order valence-electron chi connectivity index (χ2n) is 4.03. The van der Waals surface area contributed by atoms with E-state index in [4.69, 9.17) is 16.7 Å². The van der Waals surface area contributed by atoms with Gasteiger partial charge in [0, 0.05) is 0 Å². The Morgan fingerprint density at radius 2 is 1.86 bits per heavy atom. The number of hydrogen-bond donors (Lipinski definition) is 2. The van der Waals surface area contributed by atoms with Crippen LogP contribution < -0.4 is 4.72 Å². The first kappa shape index (κ1) is 15.3. The summed E-state index contributed by atoms with van der Waals surface area (Å²) in [6.45, 7) is 0. The van der Waals surface area contributed by atoms with Gasteiger partial charge in [0.15, 0.2) is 0 Å². The van der Waals surface area contributed by atoms with Crippen LogP contribution in [0.15, 0.2) is 47.4 Å². The molecule has 0 bridgehead atoms. The second-order valence-corrected chi connectivity index (χ2v) is 6.12. The highest BCUT2D eigenvalue weighted by Gasteiger charge is 2.21. The van der Waals surface area contributed by atoms with Gasteiger partial charge in [-0.25, -0.2) is 17.6 Å². The number of sulfonamides is 1. The molecule has 8 heteroatoms. The summed E-state index contributed by atoms with van der Waals surface area (Å²) in [5.41, 5.74) is -0.571. The summed E-state index contributed by atoms with van der Waals surface area (Å²) in [7, 11) is -4.15. The van der Waals surface area contributed by atoms with Gasteiger partial charge in [-0.15, -0.1) is 0 Å². The van der Waals surface area contributed by atoms with Crippen LogP contribution in [-0.4, -0.2) is 19.5 Å². The molecule has 0 aliphatic carbocycles. The van der Waals surface area contributed by atoms with E-state index >= 15 is 0 Å². The number of nitrogens with one attached hydrogen (secondary N) is 1. The van der Waals surface area contributed by atoms with Crippen LogP contribution in [0, 0.1) is 5.82 Å². The molecule has 0 atom stereocenters. The van der Waals surface area contributed by atoms with Gasteiger partial charge < -0.3 is 5.11 Å². The highest BCUT2D eigenvalue weighted by atomic mass is 35.5. The van der Waals surface area contributed by atoms with Crippen molar-refractivity contribution in [2.45, 2.75) is 4.90 Å². The molecule has 0 aliphatic heterocycles. The lowest BCUT2D eigenvalue weighted by Crippen LogP contribution is -2.16. The third-order valence-electron chi connectivity index (χ3n) is 2.59. The molecule has 2 aromatic carbocycles. The summed E-state index contributed by atoms with van der Waals surface area (Å²) in [6.07, 6.45) is 0. The second kappa shape index (κ2) is 5.71. The Bertz CT molecular complexity index is 808. The molecule has 0 aromatic heterocycles. The number of carboxylic acid groups (broad SMARTS) is 1. The monoisotopic (exact) mass is 329 g/mol. The minimum absolute atomic E-state index is 0.0742. The molecule has 0 unspecified atom stereocenters. The number of anilines is 1. The maximum atomic E-state index is 13.1. The molecule has 2 aromatic rings. The Morgan fingerprint density at radius 3 is 2.48 bits per heavy atom. The van der Waals surface area contributed by atoms with Crippen LogP contribution in [0.2, 0.25) is 5.02 Å². The molecular weight excluding hydrogens is 321 g/mol. The van der Waals surface area contributed by atoms with E-state index in [1.165, 1.54) is 30.3 Å². The summed E-state index contributed by atoms with van der Waals surface area (Å²) >= 11 is 5.83. The van der Waals surface area contributed by atoms with Gasteiger partial charge in [-0.05, 0) is 30.3 Å². The van der Waals surface area contributed by atoms with E-state index < -0.39 is 21.8 Å². The standard InChI is InChI=1S/C13H9ClFNO4S/c14-11-6-2-5-10(13(17)18)12(11)16-21(19,20)9-4-1-3-8(15)7-9/h1-7,16H,(H,17,18). The summed E-state index contributed by atoms with van der Waals surface area (Å²) in [6, 6.07) is 8.26. The van der Waals surface area contributed by atoms with E-state index in [1.54, 1.807) is 0 Å². The summed E-state index contributed by atoms with van der Waals surface area (Å²) < 4.78 is 39.5. The zero-order chi connectivity index (χ0) is 15.6. The molecular formula is C13H9ClFNO4S. The molecule has 110 valence electrons. The Morgan fingerprint density at radius 1 is 1.19 bits per heavy atom. The smallest absolute Gasteiger partial charge is 0.337 e. The Balaban J connectivity index is 2.49. The topological polar surface area (TPSA) is 83.5 Å². The number of carbonyl (C=O) groups is 1. The largest absolute Gasteiger partial charge is 0.478 e. The minimum Gasteiger partial charge on any atom is -0.478 e. The first-order valence-electron chi connectivity index (χ1n) is 5.61. The summed E-state index contributed by atoms with van der Waals surface area (Å²) in [5.74, 6) is -2.06. The van der Waals surface area contributed by atoms with E-state index in [0.717, 1.165) is 12.1 Å². The lowest BCUT2D eigenvalue weighted by molar-refractivity contribution is 0.0698. The number of aromatic carboxylic acids is 1. The van der Waals surface area contributed by atoms with Gasteiger partial charge in [-0.2, -0.15) is 0 Å². The Hall–Kier alpha value is -2.12. The average Bonchev–Trinajstić information content (AvgIpc) is 2.40. The highest BCUT2D eigenvalue weighted by Crippen LogP contribution is 2.28. The van der Waals surface area contributed by atoms with Crippen LogP contribution in [0.5, 0.6) is 0 Å². The molecule has 0 amide bonds. The van der Waals surface area contributed by atoms with Crippen molar-refractivity contribution in [1.82, 2.24) is 0 Å². The molecule has 5 nitrogen and oxygen atoms in total. The third kappa shape index (κ3) is 3.32. The van der Waals surface area contributed by atoms with Gasteiger partial charge in [-0.1, -0.05) is 23.7 Å². The van der Waals surface area contributed by atoms with Crippen molar-refractivity contribution in [1.29, 1.82) is 0 Å². The molecule has 2 N–H and O–H groups in total. The van der Waals surface area contributed by atoms with Gasteiger partial charge in [0.1, 0.15) is 5.82 Å². The normalized spacial score (nSPS) is 11.1. The molecule has 0 heterocycles. The van der Waals surface area contributed by atoms with Gasteiger partial charge >= 0.3 is 5.97 Å². The zero-order valence-corrected chi connectivity index (χ0v) is 12.0. The van der Waals surface area contributed by atoms with Crippen molar-refractivity contribution in [2.75, 3.05) is 4.72 Å². The predicted molar refractivity (Wildman–Crippen MR) is 75.6 cm³/mol. The number of para-hydroxylation sites is 1. The number of halogens is 2. The lowest BCUT2D eigenvalue weighted by atomic mass is 10.2. The van der Waals surface area contributed by atoms with Crippen LogP contribution in [-0.2, 0) is 10.0 Å². The van der Waals surface area contributed by atoms with E-state index in [-0.39, 0.29) is 21.2 Å². The van der Waals surface area contributed by atoms with Crippen LogP contribution >= 0.6 is 11.6 Å².